The van der Waals surface area contributed by atoms with E-state index in [4.69, 9.17) is 28.4 Å². The van der Waals surface area contributed by atoms with E-state index >= 15 is 0 Å². The first-order chi connectivity index (χ1) is 15.0. The average Bonchev–Trinajstić information content (AvgIpc) is 3.19. The van der Waals surface area contributed by atoms with Crippen molar-refractivity contribution >= 4 is 0 Å². The Bertz CT molecular complexity index is 872. The molecule has 0 radical (unpaired) electrons. The molecule has 1 aliphatic rings. The van der Waals surface area contributed by atoms with Crippen molar-refractivity contribution in [1.82, 2.24) is 0 Å². The van der Waals surface area contributed by atoms with E-state index in [0.29, 0.717) is 41.8 Å². The third kappa shape index (κ3) is 4.45. The molecule has 31 heavy (non-hydrogen) atoms. The standard InChI is InChI=1S/C23H30O8/c1-26-18-8-13(7-17(25)22(18)29-4)6-15-12-31-21(16(15)11-24)14-9-19(27-2)23(30-5)20(10-14)28-3/h7-10,15-16,21,24-25H,6,11-12H2,1-5H3/t15-,16-,21+/m1/s1. The number of hydrogen-bond donors (Lipinski definition) is 2. The third-order valence-corrected chi connectivity index (χ3v) is 5.73. The van der Waals surface area contributed by atoms with E-state index in [0.717, 1.165) is 11.1 Å². The lowest BCUT2D eigenvalue weighted by molar-refractivity contribution is 0.0715. The molecule has 2 aromatic carbocycles. The smallest absolute Gasteiger partial charge is 0.203 e. The molecule has 0 amide bonds. The summed E-state index contributed by atoms with van der Waals surface area (Å²) < 4.78 is 32.9. The Labute approximate surface area is 182 Å². The highest BCUT2D eigenvalue weighted by Crippen LogP contribution is 2.46. The summed E-state index contributed by atoms with van der Waals surface area (Å²) in [6, 6.07) is 7.18. The van der Waals surface area contributed by atoms with Crippen LogP contribution in [0.1, 0.15) is 17.2 Å². The van der Waals surface area contributed by atoms with Crippen LogP contribution < -0.4 is 23.7 Å². The lowest BCUT2D eigenvalue weighted by Crippen LogP contribution is -2.21. The van der Waals surface area contributed by atoms with Crippen LogP contribution in [0, 0.1) is 11.8 Å². The van der Waals surface area contributed by atoms with Crippen molar-refractivity contribution in [1.29, 1.82) is 0 Å². The highest BCUT2D eigenvalue weighted by molar-refractivity contribution is 5.55. The van der Waals surface area contributed by atoms with Crippen LogP contribution in [-0.4, -0.2) is 59.0 Å². The van der Waals surface area contributed by atoms with E-state index in [-0.39, 0.29) is 30.3 Å². The van der Waals surface area contributed by atoms with E-state index in [1.807, 2.05) is 18.2 Å². The van der Waals surface area contributed by atoms with Gasteiger partial charge in [-0.3, -0.25) is 0 Å². The van der Waals surface area contributed by atoms with E-state index in [1.54, 1.807) is 27.4 Å². The van der Waals surface area contributed by atoms with Crippen LogP contribution >= 0.6 is 0 Å². The van der Waals surface area contributed by atoms with Gasteiger partial charge in [0.25, 0.3) is 0 Å². The number of rotatable bonds is 9. The number of aliphatic hydroxyl groups is 1. The number of ether oxygens (including phenoxy) is 6. The van der Waals surface area contributed by atoms with Crippen molar-refractivity contribution in [3.8, 4) is 34.5 Å². The number of phenolic OH excluding ortho intramolecular Hbond substituents is 1. The first-order valence-corrected chi connectivity index (χ1v) is 9.97. The average molecular weight is 434 g/mol. The molecule has 1 aliphatic heterocycles. The third-order valence-electron chi connectivity index (χ3n) is 5.73. The fraction of sp³-hybridized carbons (Fsp3) is 0.478. The molecule has 1 heterocycles. The molecule has 0 aromatic heterocycles. The second kappa shape index (κ2) is 9.98. The Hall–Kier alpha value is -2.84. The molecule has 170 valence electrons. The molecule has 0 unspecified atom stereocenters. The van der Waals surface area contributed by atoms with Gasteiger partial charge in [0.05, 0.1) is 48.3 Å². The minimum absolute atomic E-state index is 0.0116. The van der Waals surface area contributed by atoms with Crippen molar-refractivity contribution in [2.75, 3.05) is 48.8 Å². The summed E-state index contributed by atoms with van der Waals surface area (Å²) in [4.78, 5) is 0. The van der Waals surface area contributed by atoms with Crippen LogP contribution in [-0.2, 0) is 11.2 Å². The zero-order valence-electron chi connectivity index (χ0n) is 18.5. The van der Waals surface area contributed by atoms with Crippen molar-refractivity contribution < 1.29 is 38.6 Å². The molecule has 1 fully saturated rings. The van der Waals surface area contributed by atoms with Gasteiger partial charge in [-0.25, -0.2) is 0 Å². The van der Waals surface area contributed by atoms with E-state index < -0.39 is 0 Å². The highest BCUT2D eigenvalue weighted by atomic mass is 16.5. The maximum atomic E-state index is 10.3. The molecule has 0 spiro atoms. The van der Waals surface area contributed by atoms with Gasteiger partial charge < -0.3 is 38.6 Å². The first kappa shape index (κ1) is 22.8. The van der Waals surface area contributed by atoms with Gasteiger partial charge in [-0.1, -0.05) is 0 Å². The minimum Gasteiger partial charge on any atom is -0.504 e. The second-order valence-electron chi connectivity index (χ2n) is 7.37. The Morgan fingerprint density at radius 2 is 1.42 bits per heavy atom. The Kier molecular flexibility index (Phi) is 7.35. The predicted octanol–water partition coefficient (Wildman–Crippen LogP) is 2.97. The van der Waals surface area contributed by atoms with Crippen molar-refractivity contribution in [3.63, 3.8) is 0 Å². The molecule has 0 saturated carbocycles. The zero-order valence-corrected chi connectivity index (χ0v) is 18.5. The number of aliphatic hydroxyl groups excluding tert-OH is 1. The van der Waals surface area contributed by atoms with Gasteiger partial charge >= 0.3 is 0 Å². The highest BCUT2D eigenvalue weighted by Gasteiger charge is 2.38. The summed E-state index contributed by atoms with van der Waals surface area (Å²) >= 11 is 0. The molecule has 1 saturated heterocycles. The monoisotopic (exact) mass is 434 g/mol. The quantitative estimate of drug-likeness (QED) is 0.622. The predicted molar refractivity (Wildman–Crippen MR) is 114 cm³/mol. The summed E-state index contributed by atoms with van der Waals surface area (Å²) in [7, 11) is 7.68. The summed E-state index contributed by atoms with van der Waals surface area (Å²) in [5.41, 5.74) is 1.71. The lowest BCUT2D eigenvalue weighted by atomic mass is 9.84. The normalized spacial score (nSPS) is 20.4. The van der Waals surface area contributed by atoms with Crippen molar-refractivity contribution in [2.45, 2.75) is 12.5 Å². The molecule has 2 aromatic rings. The van der Waals surface area contributed by atoms with E-state index in [9.17, 15) is 10.2 Å². The molecule has 3 atom stereocenters. The summed E-state index contributed by atoms with van der Waals surface area (Å²) in [5.74, 6) is 2.21. The largest absolute Gasteiger partial charge is 0.504 e. The second-order valence-corrected chi connectivity index (χ2v) is 7.37. The van der Waals surface area contributed by atoms with Gasteiger partial charge in [0.2, 0.25) is 11.5 Å². The summed E-state index contributed by atoms with van der Waals surface area (Å²) in [6.07, 6.45) is 0.262. The van der Waals surface area contributed by atoms with Gasteiger partial charge in [-0.2, -0.15) is 0 Å². The van der Waals surface area contributed by atoms with E-state index in [2.05, 4.69) is 0 Å². The molecule has 8 heteroatoms. The molecule has 8 nitrogen and oxygen atoms in total. The van der Waals surface area contributed by atoms with Gasteiger partial charge in [-0.15, -0.1) is 0 Å². The molecule has 0 aliphatic carbocycles. The Morgan fingerprint density at radius 3 is 1.94 bits per heavy atom. The fourth-order valence-electron chi connectivity index (χ4n) is 4.21. The minimum atomic E-state index is -0.336. The zero-order chi connectivity index (χ0) is 22.5. The molecular weight excluding hydrogens is 404 g/mol. The topological polar surface area (TPSA) is 95.8 Å². The number of hydrogen-bond acceptors (Lipinski definition) is 8. The fourth-order valence-corrected chi connectivity index (χ4v) is 4.21. The van der Waals surface area contributed by atoms with Gasteiger partial charge in [0.1, 0.15) is 0 Å². The molecular formula is C23H30O8. The van der Waals surface area contributed by atoms with Gasteiger partial charge in [-0.05, 0) is 47.7 Å². The lowest BCUT2D eigenvalue weighted by Gasteiger charge is -2.23. The SMILES string of the molecule is COc1cc(C[C@@H]2CO[C@@H](c3cc(OC)c(OC)c(OC)c3)[C@@H]2CO)cc(O)c1OC. The molecule has 3 rings (SSSR count). The summed E-state index contributed by atoms with van der Waals surface area (Å²) in [5, 5.41) is 20.4. The van der Waals surface area contributed by atoms with E-state index in [1.165, 1.54) is 14.2 Å². The number of aromatic hydroxyl groups is 1. The number of phenols is 1. The number of methoxy groups -OCH3 is 5. The summed E-state index contributed by atoms with van der Waals surface area (Å²) in [6.45, 7) is 0.410. The van der Waals surface area contributed by atoms with Crippen LogP contribution in [0.2, 0.25) is 0 Å². The maximum Gasteiger partial charge on any atom is 0.203 e. The van der Waals surface area contributed by atoms with Gasteiger partial charge in [0, 0.05) is 12.5 Å². The van der Waals surface area contributed by atoms with Crippen LogP contribution in [0.5, 0.6) is 34.5 Å². The van der Waals surface area contributed by atoms with Crippen LogP contribution in [0.25, 0.3) is 0 Å². The van der Waals surface area contributed by atoms with Crippen LogP contribution in [0.4, 0.5) is 0 Å². The van der Waals surface area contributed by atoms with Crippen molar-refractivity contribution in [2.24, 2.45) is 11.8 Å². The number of benzene rings is 2. The van der Waals surface area contributed by atoms with Crippen LogP contribution in [0.15, 0.2) is 24.3 Å². The molecule has 2 N–H and O–H groups in total. The molecule has 0 bridgehead atoms. The Morgan fingerprint density at radius 1 is 0.839 bits per heavy atom. The Balaban J connectivity index is 1.88. The first-order valence-electron chi connectivity index (χ1n) is 9.97. The van der Waals surface area contributed by atoms with Crippen LogP contribution in [0.3, 0.4) is 0 Å². The maximum absolute atomic E-state index is 10.3. The van der Waals surface area contributed by atoms with Crippen molar-refractivity contribution in [3.05, 3.63) is 35.4 Å². The van der Waals surface area contributed by atoms with Gasteiger partial charge in [0.15, 0.2) is 23.0 Å².